The topological polar surface area (TPSA) is 493 Å². The van der Waals surface area contributed by atoms with E-state index >= 15 is 0 Å². The summed E-state index contributed by atoms with van der Waals surface area (Å²) in [6.07, 6.45) is 26.3. The summed E-state index contributed by atoms with van der Waals surface area (Å²) in [4.78, 5) is 107. The molecular formula is C93H72BrCl6N31O7. The fraction of sp³-hybridized carbons (Fsp3) is 0.0860. The standard InChI is InChI=1S/C20H16ClN7O.C20H16ClN5O.C18H13BrClN7O.C18H14ClN7O2.C17H13Cl2N5O2/c21-16-4-2-1-3-14(16)18-15(19-23-11-24-26-19)10-28(27-18)13-7-8-22-17(9-13)25-20(29)12-5-6-12;1-13(27)8-14-9-15(6-7-22-14)26-10-17(16-4-2-3-5-19(16)21)18(11-26)20-23-12-24-25-20;1-10(28)24-16-6-15(13(19)7-21-16)27-8-12(18-22-9-23-25-18)17(26-27)11-4-2-3-5-14(11)20;1-28-18(27)23-15-8-11(6-7-20-15)26-9-13(17-21-10-22-24-17)16(25-26)12-4-2-3-5-14(12)19;1-9(25)22-15-7-11(4-5-21-15)24-8-13(17(20)26)16(23-24)12-3-2-10(18)6-14(12)19/h1-4,7-12H,5-6H2,(H,22,25,29)(H,23,24,26);2-7,9-12H,8H2,1H3,(H,23,24,25);2-9H,1H3,(H,21,24,28)(H,22,23,25);2-10H,1H3,(H,20,23,27)(H,21,22,24);2-8H,1H3,(H2,20,26)(H,21,22,25). The molecule has 0 saturated heterocycles. The van der Waals surface area contributed by atoms with Gasteiger partial charge in [-0.15, -0.1) is 0 Å². The second-order valence-electron chi connectivity index (χ2n) is 29.9. The zero-order valence-electron chi connectivity index (χ0n) is 72.4. The highest BCUT2D eigenvalue weighted by Crippen LogP contribution is 2.42. The average Bonchev–Trinajstić information content (AvgIpc) is 1.64. The first-order chi connectivity index (χ1) is 66.8. The summed E-state index contributed by atoms with van der Waals surface area (Å²) in [6.45, 7) is 4.37. The van der Waals surface area contributed by atoms with Crippen LogP contribution in [0.15, 0.2) is 268 Å². The van der Waals surface area contributed by atoms with Gasteiger partial charge in [0, 0.05) is 179 Å². The van der Waals surface area contributed by atoms with E-state index in [1.165, 1.54) is 63.3 Å². The monoisotopic (exact) mass is 2020 g/mol. The van der Waals surface area contributed by atoms with Gasteiger partial charge >= 0.3 is 6.09 Å². The van der Waals surface area contributed by atoms with Crippen LogP contribution in [0.4, 0.5) is 28.1 Å². The number of ketones is 1. The molecule has 14 heterocycles. The number of benzene rings is 5. The average molecular weight is 2030 g/mol. The zero-order chi connectivity index (χ0) is 96.6. The van der Waals surface area contributed by atoms with E-state index in [0.717, 1.165) is 80.0 Å². The number of methoxy groups -OCH3 is 1. The van der Waals surface area contributed by atoms with Crippen molar-refractivity contribution in [2.75, 3.05) is 28.4 Å². The van der Waals surface area contributed by atoms with E-state index in [1.54, 1.807) is 119 Å². The third-order valence-corrected chi connectivity index (χ3v) is 22.7. The molecule has 138 heavy (non-hydrogen) atoms. The number of Topliss-reactive ketones (excluding diaryl/α,β-unsaturated/α-hetero) is 1. The number of nitrogens with two attached hydrogens (primary N) is 1. The van der Waals surface area contributed by atoms with Crippen molar-refractivity contribution >= 4 is 144 Å². The van der Waals surface area contributed by atoms with Crippen molar-refractivity contribution in [3.8, 4) is 130 Å². The lowest BCUT2D eigenvalue weighted by atomic mass is 10.0. The van der Waals surface area contributed by atoms with E-state index in [0.29, 0.717) is 133 Å². The Morgan fingerprint density at radius 2 is 0.812 bits per heavy atom. The number of pyridine rings is 5. The molecule has 10 N–H and O–H groups in total. The Morgan fingerprint density at radius 1 is 0.406 bits per heavy atom. The molecule has 45 heteroatoms. The highest BCUT2D eigenvalue weighted by atomic mass is 79.9. The van der Waals surface area contributed by atoms with Crippen molar-refractivity contribution in [3.63, 3.8) is 0 Å². The van der Waals surface area contributed by atoms with Gasteiger partial charge < -0.3 is 31.0 Å². The zero-order valence-corrected chi connectivity index (χ0v) is 78.6. The second-order valence-corrected chi connectivity index (χ2v) is 33.3. The minimum Gasteiger partial charge on any atom is -0.453 e. The SMILES string of the molecule is CC(=O)Cc1cc(-n2cc(-c3ncn[nH]3)c(-c3ccccc3Cl)c2)ccn1.CC(=O)Nc1cc(-n2cc(-c3ncn[nH]3)c(-c3ccccc3Cl)n2)c(Br)cn1.CC(=O)Nc1cc(-n2cc(C(N)=O)c(-c3ccc(Cl)cc3Cl)n2)ccn1.COC(=O)Nc1cc(-n2cc(-c3ncn[nH]3)c(-c3ccccc3Cl)n2)ccn1.O=C(Nc1cc(-n2cc(-c3ncn[nH]3)c(-c3ccccc3Cl)n2)ccn1)C1CC1. The van der Waals surface area contributed by atoms with Gasteiger partial charge in [0.15, 0.2) is 23.3 Å². The molecule has 690 valence electrons. The Kier molecular flexibility index (Phi) is 29.7. The number of aromatic nitrogens is 26. The van der Waals surface area contributed by atoms with Gasteiger partial charge in [0.05, 0.1) is 76.7 Å². The van der Waals surface area contributed by atoms with E-state index in [2.05, 4.69) is 138 Å². The lowest BCUT2D eigenvalue weighted by molar-refractivity contribution is -0.117. The van der Waals surface area contributed by atoms with E-state index < -0.39 is 12.0 Å². The van der Waals surface area contributed by atoms with Crippen LogP contribution in [0, 0.1) is 5.92 Å². The van der Waals surface area contributed by atoms with Gasteiger partial charge in [-0.25, -0.2) is 63.4 Å². The Bertz CT molecular complexity index is 7650. The molecule has 0 unspecified atom stereocenters. The molecule has 20 rings (SSSR count). The molecule has 0 bridgehead atoms. The van der Waals surface area contributed by atoms with Gasteiger partial charge in [0.25, 0.3) is 5.91 Å². The molecule has 5 amide bonds. The summed E-state index contributed by atoms with van der Waals surface area (Å²) in [7, 11) is 1.28. The predicted octanol–water partition coefficient (Wildman–Crippen LogP) is 18.8. The fourth-order valence-electron chi connectivity index (χ4n) is 13.8. The van der Waals surface area contributed by atoms with Crippen LogP contribution in [0.1, 0.15) is 49.7 Å². The molecule has 38 nitrogen and oxygen atoms in total. The summed E-state index contributed by atoms with van der Waals surface area (Å²) in [5.41, 5.74) is 20.1. The van der Waals surface area contributed by atoms with E-state index in [9.17, 15) is 28.8 Å². The van der Waals surface area contributed by atoms with Crippen molar-refractivity contribution in [2.24, 2.45) is 11.7 Å². The Morgan fingerprint density at radius 3 is 1.25 bits per heavy atom. The number of nitrogens with one attached hydrogen (secondary N) is 8. The smallest absolute Gasteiger partial charge is 0.412 e. The van der Waals surface area contributed by atoms with Crippen molar-refractivity contribution in [3.05, 3.63) is 309 Å². The van der Waals surface area contributed by atoms with E-state index in [1.807, 2.05) is 132 Å². The minimum absolute atomic E-state index is 0.00854. The molecule has 0 aliphatic heterocycles. The van der Waals surface area contributed by atoms with E-state index in [4.69, 9.17) is 85.5 Å². The Labute approximate surface area is 820 Å². The number of rotatable bonds is 22. The molecule has 0 atom stereocenters. The van der Waals surface area contributed by atoms with Crippen LogP contribution in [-0.4, -0.2) is 172 Å². The lowest BCUT2D eigenvalue weighted by Gasteiger charge is -2.07. The molecule has 5 aromatic carbocycles. The van der Waals surface area contributed by atoms with Crippen LogP contribution in [0.3, 0.4) is 0 Å². The van der Waals surface area contributed by atoms with Gasteiger partial charge in [-0.05, 0) is 108 Å². The number of H-pyrrole nitrogens is 4. The molecular weight excluding hydrogens is 1960 g/mol. The Hall–Kier alpha value is -16.4. The van der Waals surface area contributed by atoms with Gasteiger partial charge in [-0.3, -0.25) is 54.7 Å². The number of amides is 5. The number of ether oxygens (including phenoxy) is 1. The van der Waals surface area contributed by atoms with Gasteiger partial charge in [0.1, 0.15) is 77.1 Å². The first-order valence-corrected chi connectivity index (χ1v) is 44.4. The number of hydrogen-bond donors (Lipinski definition) is 9. The van der Waals surface area contributed by atoms with E-state index in [-0.39, 0.29) is 35.0 Å². The maximum Gasteiger partial charge on any atom is 0.412 e. The number of anilines is 4. The van der Waals surface area contributed by atoms with Crippen LogP contribution >= 0.6 is 85.5 Å². The highest BCUT2D eigenvalue weighted by molar-refractivity contribution is 9.10. The van der Waals surface area contributed by atoms with Gasteiger partial charge in [-0.2, -0.15) is 40.8 Å². The predicted molar refractivity (Wildman–Crippen MR) is 524 cm³/mol. The summed E-state index contributed by atoms with van der Waals surface area (Å²) in [6, 6.07) is 50.7. The number of nitrogens with zero attached hydrogens (tertiary/aromatic N) is 22. The van der Waals surface area contributed by atoms with Crippen LogP contribution < -0.4 is 27.0 Å². The third kappa shape index (κ3) is 23.0. The van der Waals surface area contributed by atoms with Crippen LogP contribution in [0.5, 0.6) is 0 Å². The van der Waals surface area contributed by atoms with Crippen LogP contribution in [0.25, 0.3) is 130 Å². The van der Waals surface area contributed by atoms with Crippen molar-refractivity contribution in [1.82, 2.24) is 129 Å². The molecule has 19 aromatic rings. The van der Waals surface area contributed by atoms with Crippen molar-refractivity contribution in [1.29, 1.82) is 0 Å². The second kappa shape index (κ2) is 43.3. The summed E-state index contributed by atoms with van der Waals surface area (Å²) < 4.78 is 13.8. The first-order valence-electron chi connectivity index (χ1n) is 41.3. The number of primary amides is 1. The lowest BCUT2D eigenvalue weighted by Crippen LogP contribution is -2.14. The number of aromatic amines is 4. The van der Waals surface area contributed by atoms with Crippen molar-refractivity contribution < 1.29 is 33.5 Å². The minimum atomic E-state index is -0.645. The Balaban J connectivity index is 0.000000125. The number of carbonyl (C=O) groups excluding carboxylic acids is 6. The van der Waals surface area contributed by atoms with Crippen LogP contribution in [0.2, 0.25) is 30.1 Å². The molecule has 0 spiro atoms. The molecule has 14 aromatic heterocycles. The summed E-state index contributed by atoms with van der Waals surface area (Å²) in [5, 5.41) is 59.7. The quantitative estimate of drug-likeness (QED) is 0.0304. The fourth-order valence-corrected chi connectivity index (χ4v) is 15.6. The highest BCUT2D eigenvalue weighted by Gasteiger charge is 2.31. The molecule has 1 aliphatic carbocycles. The van der Waals surface area contributed by atoms with Gasteiger partial charge in [0.2, 0.25) is 17.7 Å². The number of halogens is 7. The number of hydrogen-bond acceptors (Lipinski definition) is 24. The summed E-state index contributed by atoms with van der Waals surface area (Å²) >= 11 is 41.3. The largest absolute Gasteiger partial charge is 0.453 e. The molecule has 1 fully saturated rings. The molecule has 1 saturated carbocycles. The first kappa shape index (κ1) is 94.8. The third-order valence-electron chi connectivity index (χ3n) is 20.2. The maximum atomic E-state index is 12.1. The molecule has 1 aliphatic rings. The maximum absolute atomic E-state index is 12.1. The number of carbonyl (C=O) groups is 6. The van der Waals surface area contributed by atoms with Crippen LogP contribution in [-0.2, 0) is 30.3 Å². The van der Waals surface area contributed by atoms with Gasteiger partial charge in [-0.1, -0.05) is 142 Å². The van der Waals surface area contributed by atoms with Crippen molar-refractivity contribution in [2.45, 2.75) is 40.0 Å². The summed E-state index contributed by atoms with van der Waals surface area (Å²) in [5.74, 6) is 3.06. The normalized spacial score (nSPS) is 11.3. The molecule has 0 radical (unpaired) electrons.